The number of rotatable bonds is 7. The van der Waals surface area contributed by atoms with Crippen LogP contribution in [0.2, 0.25) is 0 Å². The summed E-state index contributed by atoms with van der Waals surface area (Å²) in [6, 6.07) is 0. The Morgan fingerprint density at radius 3 is 1.29 bits per heavy atom. The quantitative estimate of drug-likeness (QED) is 0.433. The molecule has 86 valence electrons. The summed E-state index contributed by atoms with van der Waals surface area (Å²) in [6.45, 7) is 9.26. The second-order valence-electron chi connectivity index (χ2n) is 4.56. The summed E-state index contributed by atoms with van der Waals surface area (Å²) in [5.41, 5.74) is 0. The fraction of sp³-hybridized carbons (Fsp3) is 1.00. The second kappa shape index (κ2) is 7.08. The summed E-state index contributed by atoms with van der Waals surface area (Å²) < 4.78 is 0.746. The fourth-order valence-corrected chi connectivity index (χ4v) is 5.95. The minimum absolute atomic E-state index is 0.373. The van der Waals surface area contributed by atoms with E-state index in [2.05, 4.69) is 59.6 Å². The lowest BCUT2D eigenvalue weighted by atomic mass is 10.1. The molecule has 0 aliphatic carbocycles. The van der Waals surface area contributed by atoms with Crippen molar-refractivity contribution in [1.29, 1.82) is 0 Å². The Morgan fingerprint density at radius 2 is 1.07 bits per heavy atom. The van der Waals surface area contributed by atoms with Gasteiger partial charge in [0.1, 0.15) is 0 Å². The molecule has 0 saturated heterocycles. The molecule has 14 heavy (non-hydrogen) atoms. The van der Waals surface area contributed by atoms with Crippen molar-refractivity contribution >= 4 is 53.4 Å². The zero-order valence-corrected chi connectivity index (χ0v) is 14.2. The van der Waals surface area contributed by atoms with E-state index >= 15 is 0 Å². The zero-order chi connectivity index (χ0) is 11.2. The summed E-state index contributed by atoms with van der Waals surface area (Å²) in [4.78, 5) is 0. The summed E-state index contributed by atoms with van der Waals surface area (Å²) in [5, 5.41) is 2.18. The number of alkyl halides is 2. The predicted molar refractivity (Wildman–Crippen MR) is 80.2 cm³/mol. The Morgan fingerprint density at radius 1 is 0.786 bits per heavy atom. The van der Waals surface area contributed by atoms with E-state index in [1.54, 1.807) is 0 Å². The highest BCUT2D eigenvalue weighted by molar-refractivity contribution is 9.09. The van der Waals surface area contributed by atoms with Gasteiger partial charge in [0.2, 0.25) is 0 Å². The van der Waals surface area contributed by atoms with Crippen LogP contribution in [0.25, 0.3) is 0 Å². The Kier molecular flexibility index (Phi) is 7.92. The number of halogens is 2. The Hall–Kier alpha value is 1.66. The molecule has 0 bridgehead atoms. The molecule has 0 spiro atoms. The van der Waals surface area contributed by atoms with Crippen molar-refractivity contribution in [2.45, 2.75) is 50.0 Å². The molecule has 0 aromatic carbocycles. The Bertz CT molecular complexity index is 140. The lowest BCUT2D eigenvalue weighted by Crippen LogP contribution is -2.19. The topological polar surface area (TPSA) is 0 Å². The van der Waals surface area contributed by atoms with Crippen molar-refractivity contribution < 1.29 is 0 Å². The van der Waals surface area contributed by atoms with E-state index in [0.29, 0.717) is 9.49 Å². The zero-order valence-electron chi connectivity index (χ0n) is 9.40. The first-order chi connectivity index (χ1) is 6.33. The van der Waals surface area contributed by atoms with E-state index in [4.69, 9.17) is 0 Å². The Labute approximate surface area is 113 Å². The van der Waals surface area contributed by atoms with Gasteiger partial charge in [-0.25, -0.2) is 0 Å². The molecule has 0 atom stereocenters. The largest absolute Gasteiger partial charge is 0.0928 e. The van der Waals surface area contributed by atoms with Crippen LogP contribution in [0.5, 0.6) is 0 Å². The van der Waals surface area contributed by atoms with Crippen LogP contribution in [0.4, 0.5) is 0 Å². The van der Waals surface area contributed by atoms with Gasteiger partial charge in [-0.15, -0.1) is 0 Å². The van der Waals surface area contributed by atoms with Crippen molar-refractivity contribution in [2.75, 3.05) is 10.7 Å². The van der Waals surface area contributed by atoms with E-state index in [1.165, 1.54) is 12.8 Å². The minimum atomic E-state index is 0.373. The van der Waals surface area contributed by atoms with Gasteiger partial charge in [0.25, 0.3) is 0 Å². The van der Waals surface area contributed by atoms with Gasteiger partial charge in [-0.05, 0) is 40.5 Å². The van der Waals surface area contributed by atoms with Gasteiger partial charge < -0.3 is 0 Å². The molecule has 0 rings (SSSR count). The second-order valence-corrected chi connectivity index (χ2v) is 9.69. The summed E-state index contributed by atoms with van der Waals surface area (Å²) in [7, 11) is 4.03. The minimum Gasteiger partial charge on any atom is -0.0928 e. The predicted octanol–water partition coefficient (Wildman–Crippen LogP) is 5.50. The van der Waals surface area contributed by atoms with Crippen molar-refractivity contribution in [3.05, 3.63) is 0 Å². The van der Waals surface area contributed by atoms with Crippen LogP contribution in [0.1, 0.15) is 40.5 Å². The molecular formula is C10H20Br2S2. The van der Waals surface area contributed by atoms with Crippen LogP contribution in [-0.4, -0.2) is 20.2 Å². The summed E-state index contributed by atoms with van der Waals surface area (Å²) in [6.07, 6.45) is 2.43. The van der Waals surface area contributed by atoms with Gasteiger partial charge in [-0.2, -0.15) is 0 Å². The lowest BCUT2D eigenvalue weighted by molar-refractivity contribution is 0.690. The van der Waals surface area contributed by atoms with Gasteiger partial charge in [-0.1, -0.05) is 53.4 Å². The first-order valence-corrected chi connectivity index (χ1v) is 9.21. The summed E-state index contributed by atoms with van der Waals surface area (Å²) >= 11 is 7.01. The Balaban J connectivity index is 3.90. The van der Waals surface area contributed by atoms with E-state index in [9.17, 15) is 0 Å². The molecular weight excluding hydrogens is 344 g/mol. The molecule has 0 unspecified atom stereocenters. The highest BCUT2D eigenvalue weighted by Crippen LogP contribution is 2.46. The molecule has 0 amide bonds. The standard InChI is InChI=1S/C10H20Br2S2/c1-9(2,5-7-11)13-14-10(3,4)6-8-12/h5-8H2,1-4H3. The van der Waals surface area contributed by atoms with E-state index < -0.39 is 0 Å². The van der Waals surface area contributed by atoms with Crippen molar-refractivity contribution in [3.8, 4) is 0 Å². The molecule has 0 aliphatic rings. The molecule has 0 heterocycles. The van der Waals surface area contributed by atoms with Gasteiger partial charge in [0, 0.05) is 20.2 Å². The van der Waals surface area contributed by atoms with Crippen molar-refractivity contribution in [1.82, 2.24) is 0 Å². The molecule has 0 aromatic heterocycles. The first kappa shape index (κ1) is 15.7. The van der Waals surface area contributed by atoms with Crippen LogP contribution in [0.15, 0.2) is 0 Å². The maximum absolute atomic E-state index is 3.51. The average Bonchev–Trinajstić information content (AvgIpc) is 2.01. The maximum Gasteiger partial charge on any atom is 0.0215 e. The molecule has 0 radical (unpaired) electrons. The van der Waals surface area contributed by atoms with Crippen molar-refractivity contribution in [2.24, 2.45) is 0 Å². The van der Waals surface area contributed by atoms with Crippen LogP contribution in [0.3, 0.4) is 0 Å². The van der Waals surface area contributed by atoms with Gasteiger partial charge in [0.15, 0.2) is 0 Å². The molecule has 0 fully saturated rings. The van der Waals surface area contributed by atoms with Gasteiger partial charge >= 0.3 is 0 Å². The number of hydrogen-bond donors (Lipinski definition) is 0. The van der Waals surface area contributed by atoms with Gasteiger partial charge in [0.05, 0.1) is 0 Å². The third-order valence-electron chi connectivity index (χ3n) is 1.89. The van der Waals surface area contributed by atoms with Crippen LogP contribution in [-0.2, 0) is 0 Å². The monoisotopic (exact) mass is 362 g/mol. The summed E-state index contributed by atoms with van der Waals surface area (Å²) in [5.74, 6) is 0. The van der Waals surface area contributed by atoms with Crippen LogP contribution < -0.4 is 0 Å². The fourth-order valence-electron chi connectivity index (χ4n) is 0.764. The maximum atomic E-state index is 3.51. The molecule has 0 N–H and O–H groups in total. The number of hydrogen-bond acceptors (Lipinski definition) is 2. The lowest BCUT2D eigenvalue weighted by Gasteiger charge is -2.29. The van der Waals surface area contributed by atoms with E-state index in [0.717, 1.165) is 10.7 Å². The normalized spacial score (nSPS) is 13.3. The first-order valence-electron chi connectivity index (χ1n) is 4.82. The molecule has 4 heteroatoms. The van der Waals surface area contributed by atoms with Gasteiger partial charge in [-0.3, -0.25) is 0 Å². The molecule has 0 aromatic rings. The third kappa shape index (κ3) is 7.89. The van der Waals surface area contributed by atoms with E-state index in [-0.39, 0.29) is 0 Å². The third-order valence-corrected chi connectivity index (χ3v) is 7.03. The average molecular weight is 364 g/mol. The highest BCUT2D eigenvalue weighted by Gasteiger charge is 2.24. The van der Waals surface area contributed by atoms with Crippen molar-refractivity contribution in [3.63, 3.8) is 0 Å². The van der Waals surface area contributed by atoms with Crippen LogP contribution >= 0.6 is 53.4 Å². The SMILES string of the molecule is CC(C)(CCBr)SSC(C)(C)CCBr. The molecule has 0 saturated carbocycles. The highest BCUT2D eigenvalue weighted by atomic mass is 79.9. The molecule has 0 nitrogen and oxygen atoms in total. The smallest absolute Gasteiger partial charge is 0.0215 e. The van der Waals surface area contributed by atoms with Crippen LogP contribution in [0, 0.1) is 0 Å². The van der Waals surface area contributed by atoms with E-state index in [1.807, 2.05) is 21.6 Å². The molecule has 0 aliphatic heterocycles.